The first-order chi connectivity index (χ1) is 11.1. The number of anilines is 1. The highest BCUT2D eigenvalue weighted by Crippen LogP contribution is 2.65. The molecule has 0 N–H and O–H groups in total. The Balaban J connectivity index is 1.61. The minimum Gasteiger partial charge on any atom is -0.274 e. The van der Waals surface area contributed by atoms with Gasteiger partial charge in [0.15, 0.2) is 0 Å². The lowest BCUT2D eigenvalue weighted by atomic mass is 9.63. The van der Waals surface area contributed by atoms with Crippen LogP contribution in [0.3, 0.4) is 0 Å². The van der Waals surface area contributed by atoms with Gasteiger partial charge < -0.3 is 0 Å². The van der Waals surface area contributed by atoms with Crippen molar-refractivity contribution < 1.29 is 14.5 Å². The van der Waals surface area contributed by atoms with Crippen LogP contribution in [-0.4, -0.2) is 16.7 Å². The molecule has 6 rings (SSSR count). The van der Waals surface area contributed by atoms with E-state index in [-0.39, 0.29) is 46.9 Å². The molecule has 2 saturated carbocycles. The normalized spacial score (nSPS) is 39.4. The molecule has 2 bridgehead atoms. The maximum Gasteiger partial charge on any atom is 0.293 e. The minimum atomic E-state index is -0.539. The van der Waals surface area contributed by atoms with Crippen molar-refractivity contribution in [2.45, 2.75) is 6.42 Å². The topological polar surface area (TPSA) is 80.5 Å². The molecule has 0 unspecified atom stereocenters. The van der Waals surface area contributed by atoms with Crippen LogP contribution in [0.2, 0.25) is 0 Å². The lowest BCUT2D eigenvalue weighted by Crippen LogP contribution is -2.40. The van der Waals surface area contributed by atoms with Gasteiger partial charge in [0.25, 0.3) is 5.69 Å². The van der Waals surface area contributed by atoms with E-state index in [0.717, 1.165) is 11.3 Å². The van der Waals surface area contributed by atoms with Crippen LogP contribution >= 0.6 is 0 Å². The van der Waals surface area contributed by atoms with Gasteiger partial charge >= 0.3 is 0 Å². The molecule has 1 aliphatic heterocycles. The van der Waals surface area contributed by atoms with E-state index in [2.05, 4.69) is 12.2 Å². The molecule has 1 saturated heterocycles. The SMILES string of the molecule is O=C1[C@@H]2[C@H]3C=C[C@@H]([C@@H]4C[C@H]34)[C@H]2C(=O)N1c1ccccc1[N+](=O)[O-]. The summed E-state index contributed by atoms with van der Waals surface area (Å²) in [5.74, 6) is 0.0981. The number of hydrogen-bond donors (Lipinski definition) is 0. The predicted octanol–water partition coefficient (Wildman–Crippen LogP) is 2.15. The molecule has 0 spiro atoms. The zero-order valence-electron chi connectivity index (χ0n) is 12.2. The number of amides is 2. The second-order valence-electron chi connectivity index (χ2n) is 6.91. The fourth-order valence-corrected chi connectivity index (χ4v) is 5.00. The number of carbonyl (C=O) groups is 2. The first kappa shape index (κ1) is 13.0. The third-order valence-corrected chi connectivity index (χ3v) is 5.98. The summed E-state index contributed by atoms with van der Waals surface area (Å²) in [5.41, 5.74) is -0.0896. The Morgan fingerprint density at radius 1 is 1.00 bits per heavy atom. The number of benzene rings is 1. The Hall–Kier alpha value is -2.50. The third kappa shape index (κ3) is 1.48. The molecule has 116 valence electrons. The van der Waals surface area contributed by atoms with Crippen molar-refractivity contribution in [2.24, 2.45) is 35.5 Å². The first-order valence-corrected chi connectivity index (χ1v) is 7.89. The van der Waals surface area contributed by atoms with Gasteiger partial charge in [-0.25, -0.2) is 4.90 Å². The molecule has 1 aromatic carbocycles. The van der Waals surface area contributed by atoms with Crippen LogP contribution in [0.1, 0.15) is 6.42 Å². The van der Waals surface area contributed by atoms with E-state index in [1.54, 1.807) is 12.1 Å². The zero-order chi connectivity index (χ0) is 15.9. The van der Waals surface area contributed by atoms with E-state index >= 15 is 0 Å². The molecule has 5 aliphatic rings. The van der Waals surface area contributed by atoms with E-state index in [1.807, 2.05) is 0 Å². The van der Waals surface area contributed by atoms with Crippen LogP contribution in [0.25, 0.3) is 0 Å². The number of allylic oxidation sites excluding steroid dienone is 2. The fraction of sp³-hybridized carbons (Fsp3) is 0.412. The van der Waals surface area contributed by atoms with Crippen molar-refractivity contribution in [3.8, 4) is 0 Å². The summed E-state index contributed by atoms with van der Waals surface area (Å²) < 4.78 is 0. The van der Waals surface area contributed by atoms with Crippen LogP contribution in [0, 0.1) is 45.6 Å². The van der Waals surface area contributed by atoms with Gasteiger partial charge in [-0.15, -0.1) is 0 Å². The Labute approximate surface area is 131 Å². The lowest BCUT2D eigenvalue weighted by Gasteiger charge is -2.37. The number of rotatable bonds is 2. The predicted molar refractivity (Wildman–Crippen MR) is 80.3 cm³/mol. The number of imide groups is 1. The average Bonchev–Trinajstić information content (AvgIpc) is 3.32. The summed E-state index contributed by atoms with van der Waals surface area (Å²) in [7, 11) is 0. The van der Waals surface area contributed by atoms with Gasteiger partial charge in [0.1, 0.15) is 5.69 Å². The number of para-hydroxylation sites is 2. The molecule has 6 nitrogen and oxygen atoms in total. The van der Waals surface area contributed by atoms with E-state index in [4.69, 9.17) is 0 Å². The van der Waals surface area contributed by atoms with Crippen molar-refractivity contribution >= 4 is 23.2 Å². The molecule has 23 heavy (non-hydrogen) atoms. The minimum absolute atomic E-state index is 0.106. The second kappa shape index (κ2) is 4.07. The van der Waals surface area contributed by atoms with Crippen molar-refractivity contribution in [3.63, 3.8) is 0 Å². The lowest BCUT2D eigenvalue weighted by molar-refractivity contribution is -0.384. The molecule has 0 radical (unpaired) electrons. The number of hydrogen-bond acceptors (Lipinski definition) is 4. The summed E-state index contributed by atoms with van der Waals surface area (Å²) in [5, 5.41) is 11.3. The Bertz CT molecular complexity index is 766. The van der Waals surface area contributed by atoms with Crippen LogP contribution in [0.4, 0.5) is 11.4 Å². The van der Waals surface area contributed by atoms with Gasteiger partial charge in [0.2, 0.25) is 11.8 Å². The Morgan fingerprint density at radius 3 is 2.13 bits per heavy atom. The summed E-state index contributed by atoms with van der Waals surface area (Å²) in [4.78, 5) is 37.6. The van der Waals surface area contributed by atoms with Gasteiger partial charge in [-0.2, -0.15) is 0 Å². The first-order valence-electron chi connectivity index (χ1n) is 7.89. The smallest absolute Gasteiger partial charge is 0.274 e. The zero-order valence-corrected chi connectivity index (χ0v) is 12.2. The van der Waals surface area contributed by atoms with Gasteiger partial charge in [0, 0.05) is 6.07 Å². The largest absolute Gasteiger partial charge is 0.293 e. The number of carbonyl (C=O) groups excluding carboxylic acids is 2. The van der Waals surface area contributed by atoms with E-state index in [9.17, 15) is 19.7 Å². The van der Waals surface area contributed by atoms with Gasteiger partial charge in [-0.3, -0.25) is 19.7 Å². The third-order valence-electron chi connectivity index (χ3n) is 5.98. The van der Waals surface area contributed by atoms with Gasteiger partial charge in [0.05, 0.1) is 16.8 Å². The monoisotopic (exact) mass is 310 g/mol. The molecule has 1 heterocycles. The number of nitro benzene ring substituents is 1. The maximum absolute atomic E-state index is 12.9. The highest BCUT2D eigenvalue weighted by molar-refractivity contribution is 6.23. The molecular weight excluding hydrogens is 296 g/mol. The van der Waals surface area contributed by atoms with E-state index in [1.165, 1.54) is 12.1 Å². The Kier molecular flexibility index (Phi) is 2.30. The van der Waals surface area contributed by atoms with Crippen molar-refractivity contribution in [1.29, 1.82) is 0 Å². The van der Waals surface area contributed by atoms with Crippen LogP contribution in [0.15, 0.2) is 36.4 Å². The highest BCUT2D eigenvalue weighted by atomic mass is 16.6. The summed E-state index contributed by atoms with van der Waals surface area (Å²) >= 11 is 0. The Morgan fingerprint density at radius 2 is 1.57 bits per heavy atom. The molecule has 6 heteroatoms. The standard InChI is InChI=1S/C17H14N2O4/c20-16-14-8-5-6-9(11-7-10(8)11)15(14)17(21)18(16)12-3-1-2-4-13(12)19(22)23/h1-6,8-11,14-15H,7H2/t8-,9-,10-,11+,14+,15+/m0/s1. The van der Waals surface area contributed by atoms with Crippen molar-refractivity contribution in [2.75, 3.05) is 4.90 Å². The quantitative estimate of drug-likeness (QED) is 0.363. The van der Waals surface area contributed by atoms with Gasteiger partial charge in [-0.05, 0) is 36.2 Å². The summed E-state index contributed by atoms with van der Waals surface area (Å²) in [6.07, 6.45) is 5.28. The second-order valence-corrected chi connectivity index (χ2v) is 6.91. The van der Waals surface area contributed by atoms with E-state index < -0.39 is 4.92 Å². The van der Waals surface area contributed by atoms with Crippen LogP contribution in [-0.2, 0) is 9.59 Å². The molecule has 3 fully saturated rings. The maximum atomic E-state index is 12.9. The van der Waals surface area contributed by atoms with Crippen LogP contribution in [0.5, 0.6) is 0 Å². The number of nitro groups is 1. The molecule has 4 aliphatic carbocycles. The average molecular weight is 310 g/mol. The highest BCUT2D eigenvalue weighted by Gasteiger charge is 2.67. The number of nitrogens with zero attached hydrogens (tertiary/aromatic N) is 2. The van der Waals surface area contributed by atoms with Crippen molar-refractivity contribution in [3.05, 3.63) is 46.5 Å². The van der Waals surface area contributed by atoms with Gasteiger partial charge in [-0.1, -0.05) is 24.3 Å². The van der Waals surface area contributed by atoms with E-state index in [0.29, 0.717) is 11.8 Å². The molecule has 1 aromatic rings. The molecule has 0 aromatic heterocycles. The van der Waals surface area contributed by atoms with Crippen molar-refractivity contribution in [1.82, 2.24) is 0 Å². The molecule has 2 amide bonds. The fourth-order valence-electron chi connectivity index (χ4n) is 5.00. The molecular formula is C17H14N2O4. The molecule has 6 atom stereocenters. The van der Waals surface area contributed by atoms with Crippen LogP contribution < -0.4 is 4.90 Å². The summed E-state index contributed by atoms with van der Waals surface area (Å²) in [6, 6.07) is 5.98. The summed E-state index contributed by atoms with van der Waals surface area (Å²) in [6.45, 7) is 0.